The summed E-state index contributed by atoms with van der Waals surface area (Å²) in [7, 11) is 1.88. The quantitative estimate of drug-likeness (QED) is 0.835. The van der Waals surface area contributed by atoms with Crippen LogP contribution in [0.1, 0.15) is 20.8 Å². The lowest BCUT2D eigenvalue weighted by molar-refractivity contribution is 0.420. The lowest BCUT2D eigenvalue weighted by atomic mass is 10.1. The Morgan fingerprint density at radius 1 is 1.38 bits per heavy atom. The van der Waals surface area contributed by atoms with Crippen LogP contribution in [0, 0.1) is 0 Å². The van der Waals surface area contributed by atoms with E-state index in [2.05, 4.69) is 20.4 Å². The molecule has 2 aromatic heterocycles. The molecule has 6 nitrogen and oxygen atoms in total. The summed E-state index contributed by atoms with van der Waals surface area (Å²) in [4.78, 5) is 8.37. The molecule has 2 heterocycles. The minimum absolute atomic E-state index is 0.106. The summed E-state index contributed by atoms with van der Waals surface area (Å²) in [6.45, 7) is 6.08. The van der Waals surface area contributed by atoms with E-state index in [1.807, 2.05) is 38.6 Å². The SMILES string of the molecule is Cn1ccnc1-c1noc(NC(C)(C)C)n1. The van der Waals surface area contributed by atoms with Crippen LogP contribution in [0.25, 0.3) is 11.6 Å². The maximum Gasteiger partial charge on any atom is 0.322 e. The fraction of sp³-hybridized carbons (Fsp3) is 0.500. The largest absolute Gasteiger partial charge is 0.333 e. The third kappa shape index (κ3) is 2.21. The highest BCUT2D eigenvalue weighted by molar-refractivity contribution is 5.45. The number of aryl methyl sites for hydroxylation is 1. The van der Waals surface area contributed by atoms with Crippen LogP contribution in [0.2, 0.25) is 0 Å². The molecule has 1 N–H and O–H groups in total. The van der Waals surface area contributed by atoms with Crippen LogP contribution in [0.3, 0.4) is 0 Å². The van der Waals surface area contributed by atoms with Crippen LogP contribution in [0.4, 0.5) is 6.01 Å². The monoisotopic (exact) mass is 221 g/mol. The molecule has 0 bridgehead atoms. The van der Waals surface area contributed by atoms with Gasteiger partial charge in [-0.3, -0.25) is 0 Å². The Balaban J connectivity index is 2.24. The van der Waals surface area contributed by atoms with Crippen molar-refractivity contribution >= 4 is 6.01 Å². The molecule has 86 valence electrons. The molecule has 0 spiro atoms. The summed E-state index contributed by atoms with van der Waals surface area (Å²) < 4.78 is 6.93. The summed E-state index contributed by atoms with van der Waals surface area (Å²) in [6.07, 6.45) is 3.53. The Hall–Kier alpha value is -1.85. The lowest BCUT2D eigenvalue weighted by Crippen LogP contribution is -2.26. The summed E-state index contributed by atoms with van der Waals surface area (Å²) in [6, 6.07) is 0.408. The van der Waals surface area contributed by atoms with Crippen molar-refractivity contribution in [2.75, 3.05) is 5.32 Å². The van der Waals surface area contributed by atoms with Crippen molar-refractivity contribution in [3.8, 4) is 11.6 Å². The molecule has 0 fully saturated rings. The molecule has 0 saturated carbocycles. The third-order valence-corrected chi connectivity index (χ3v) is 1.93. The second-order valence-corrected chi connectivity index (χ2v) is 4.66. The number of nitrogens with one attached hydrogen (secondary N) is 1. The Bertz CT molecular complexity index is 479. The van der Waals surface area contributed by atoms with Crippen molar-refractivity contribution < 1.29 is 4.52 Å². The van der Waals surface area contributed by atoms with Gasteiger partial charge in [0.15, 0.2) is 5.82 Å². The summed E-state index contributed by atoms with van der Waals surface area (Å²) in [5.74, 6) is 1.17. The van der Waals surface area contributed by atoms with Gasteiger partial charge in [-0.2, -0.15) is 4.98 Å². The maximum absolute atomic E-state index is 5.09. The molecule has 0 unspecified atom stereocenters. The standard InChI is InChI=1S/C10H15N5O/c1-10(2,3)13-9-12-7(14-16-9)8-11-5-6-15(8)4/h5-6H,1-4H3,(H,12,13,14). The number of aromatic nitrogens is 4. The number of anilines is 1. The summed E-state index contributed by atoms with van der Waals surface area (Å²) in [5, 5.41) is 6.98. The highest BCUT2D eigenvalue weighted by atomic mass is 16.5. The Morgan fingerprint density at radius 3 is 2.69 bits per heavy atom. The molecule has 0 aromatic carbocycles. The number of nitrogens with zero attached hydrogens (tertiary/aromatic N) is 4. The van der Waals surface area contributed by atoms with E-state index in [0.717, 1.165) is 0 Å². The average Bonchev–Trinajstić information content (AvgIpc) is 2.71. The first-order valence-electron chi connectivity index (χ1n) is 5.05. The normalized spacial score (nSPS) is 11.8. The highest BCUT2D eigenvalue weighted by Crippen LogP contribution is 2.17. The van der Waals surface area contributed by atoms with Crippen molar-refractivity contribution in [1.82, 2.24) is 19.7 Å². The molecular weight excluding hydrogens is 206 g/mol. The fourth-order valence-corrected chi connectivity index (χ4v) is 1.27. The zero-order valence-corrected chi connectivity index (χ0v) is 9.85. The van der Waals surface area contributed by atoms with E-state index in [0.29, 0.717) is 17.7 Å². The fourth-order valence-electron chi connectivity index (χ4n) is 1.27. The molecule has 0 atom stereocenters. The minimum atomic E-state index is -0.106. The van der Waals surface area contributed by atoms with Crippen molar-refractivity contribution in [2.24, 2.45) is 7.05 Å². The van der Waals surface area contributed by atoms with Gasteiger partial charge in [-0.15, -0.1) is 0 Å². The van der Waals surface area contributed by atoms with Crippen LogP contribution in [0.15, 0.2) is 16.9 Å². The lowest BCUT2D eigenvalue weighted by Gasteiger charge is -2.17. The number of imidazole rings is 1. The molecule has 16 heavy (non-hydrogen) atoms. The van der Waals surface area contributed by atoms with Crippen LogP contribution in [-0.2, 0) is 7.05 Å². The molecule has 6 heteroatoms. The van der Waals surface area contributed by atoms with Gasteiger partial charge in [0.1, 0.15) is 0 Å². The molecule has 0 radical (unpaired) electrons. The maximum atomic E-state index is 5.09. The van der Waals surface area contributed by atoms with Crippen molar-refractivity contribution in [2.45, 2.75) is 26.3 Å². The van der Waals surface area contributed by atoms with Gasteiger partial charge in [-0.1, -0.05) is 5.16 Å². The topological polar surface area (TPSA) is 68.8 Å². The van der Waals surface area contributed by atoms with Gasteiger partial charge in [0.05, 0.1) is 0 Å². The first-order chi connectivity index (χ1) is 7.46. The number of rotatable bonds is 2. The van der Waals surface area contributed by atoms with Crippen molar-refractivity contribution in [1.29, 1.82) is 0 Å². The van der Waals surface area contributed by atoms with E-state index in [1.165, 1.54) is 0 Å². The Morgan fingerprint density at radius 2 is 2.12 bits per heavy atom. The first kappa shape index (κ1) is 10.7. The molecule has 2 rings (SSSR count). The van der Waals surface area contributed by atoms with E-state index in [4.69, 9.17) is 4.52 Å². The van der Waals surface area contributed by atoms with Crippen molar-refractivity contribution in [3.05, 3.63) is 12.4 Å². The van der Waals surface area contributed by atoms with E-state index < -0.39 is 0 Å². The minimum Gasteiger partial charge on any atom is -0.333 e. The van der Waals surface area contributed by atoms with Gasteiger partial charge in [-0.25, -0.2) is 4.98 Å². The molecule has 0 aliphatic rings. The van der Waals surface area contributed by atoms with E-state index >= 15 is 0 Å². The molecule has 0 aliphatic heterocycles. The number of hydrogen-bond donors (Lipinski definition) is 1. The van der Waals surface area contributed by atoms with E-state index in [1.54, 1.807) is 6.20 Å². The van der Waals surface area contributed by atoms with Crippen LogP contribution < -0.4 is 5.32 Å². The van der Waals surface area contributed by atoms with Gasteiger partial charge >= 0.3 is 6.01 Å². The second-order valence-electron chi connectivity index (χ2n) is 4.66. The van der Waals surface area contributed by atoms with Crippen LogP contribution in [-0.4, -0.2) is 25.2 Å². The third-order valence-electron chi connectivity index (χ3n) is 1.93. The highest BCUT2D eigenvalue weighted by Gasteiger charge is 2.16. The zero-order chi connectivity index (χ0) is 11.8. The van der Waals surface area contributed by atoms with Crippen molar-refractivity contribution in [3.63, 3.8) is 0 Å². The summed E-state index contributed by atoms with van der Waals surface area (Å²) >= 11 is 0. The Kier molecular flexibility index (Phi) is 2.41. The smallest absolute Gasteiger partial charge is 0.322 e. The molecule has 0 saturated heterocycles. The van der Waals surface area contributed by atoms with Gasteiger partial charge in [-0.05, 0) is 20.8 Å². The Labute approximate surface area is 93.7 Å². The van der Waals surface area contributed by atoms with Crippen LogP contribution >= 0.6 is 0 Å². The molecule has 0 aliphatic carbocycles. The predicted molar refractivity (Wildman–Crippen MR) is 59.9 cm³/mol. The number of hydrogen-bond acceptors (Lipinski definition) is 5. The second kappa shape index (κ2) is 3.62. The molecule has 2 aromatic rings. The molecular formula is C10H15N5O. The zero-order valence-electron chi connectivity index (χ0n) is 9.85. The predicted octanol–water partition coefficient (Wildman–Crippen LogP) is 1.68. The van der Waals surface area contributed by atoms with E-state index in [9.17, 15) is 0 Å². The first-order valence-corrected chi connectivity index (χ1v) is 5.05. The van der Waals surface area contributed by atoms with Crippen LogP contribution in [0.5, 0.6) is 0 Å². The average molecular weight is 221 g/mol. The molecule has 0 amide bonds. The van der Waals surface area contributed by atoms with Gasteiger partial charge in [0, 0.05) is 25.0 Å². The van der Waals surface area contributed by atoms with E-state index in [-0.39, 0.29) is 5.54 Å². The van der Waals surface area contributed by atoms with Gasteiger partial charge in [0.2, 0.25) is 5.82 Å². The summed E-state index contributed by atoms with van der Waals surface area (Å²) in [5.41, 5.74) is -0.106. The van der Waals surface area contributed by atoms with Gasteiger partial charge in [0.25, 0.3) is 0 Å². The van der Waals surface area contributed by atoms with Gasteiger partial charge < -0.3 is 14.4 Å².